The summed E-state index contributed by atoms with van der Waals surface area (Å²) >= 11 is 0. The smallest absolute Gasteiger partial charge is 0.150 e. The van der Waals surface area contributed by atoms with Gasteiger partial charge in [-0.3, -0.25) is 4.79 Å². The van der Waals surface area contributed by atoms with E-state index in [-0.39, 0.29) is 0 Å². The molecule has 3 saturated carbocycles. The topological polar surface area (TPSA) is 17.1 Å². The molecule has 1 aromatic carbocycles. The van der Waals surface area contributed by atoms with E-state index in [0.29, 0.717) is 0 Å². The first-order chi connectivity index (χ1) is 13.8. The molecule has 0 aromatic heterocycles. The lowest BCUT2D eigenvalue weighted by atomic mass is 9.93. The lowest BCUT2D eigenvalue weighted by Gasteiger charge is -2.58. The molecular formula is C25H38BOP. The lowest BCUT2D eigenvalue weighted by molar-refractivity contribution is 0.112. The molecule has 0 amide bonds. The highest BCUT2D eigenvalue weighted by Gasteiger charge is 2.48. The Labute approximate surface area is 174 Å². The fourth-order valence-corrected chi connectivity index (χ4v) is 13.6. The third-order valence-corrected chi connectivity index (χ3v) is 14.2. The number of aldehydes is 1. The molecule has 28 heavy (non-hydrogen) atoms. The van der Waals surface area contributed by atoms with E-state index in [0.717, 1.165) is 28.8 Å². The minimum Gasteiger partial charge on any atom is -0.298 e. The highest BCUT2D eigenvalue weighted by atomic mass is 31.2. The lowest BCUT2D eigenvalue weighted by Crippen LogP contribution is -2.41. The highest BCUT2D eigenvalue weighted by molar-refractivity contribution is 8.03. The second kappa shape index (κ2) is 9.93. The van der Waals surface area contributed by atoms with Crippen LogP contribution in [0.3, 0.4) is 0 Å². The van der Waals surface area contributed by atoms with Crippen LogP contribution in [0.4, 0.5) is 0 Å². The molecule has 1 nitrogen and oxygen atoms in total. The zero-order chi connectivity index (χ0) is 19.2. The average molecular weight is 396 g/mol. The molecule has 4 rings (SSSR count). The Kier molecular flexibility index (Phi) is 7.32. The molecule has 0 aliphatic heterocycles. The summed E-state index contributed by atoms with van der Waals surface area (Å²) < 4.78 is 0. The van der Waals surface area contributed by atoms with Gasteiger partial charge in [0.25, 0.3) is 0 Å². The molecule has 152 valence electrons. The van der Waals surface area contributed by atoms with Gasteiger partial charge in [-0.2, -0.15) is 7.14 Å². The number of hydrogen-bond acceptors (Lipinski definition) is 1. The van der Waals surface area contributed by atoms with E-state index in [2.05, 4.69) is 19.1 Å². The summed E-state index contributed by atoms with van der Waals surface area (Å²) in [5, 5.41) is 0. The molecule has 3 fully saturated rings. The van der Waals surface area contributed by atoms with E-state index in [9.17, 15) is 4.79 Å². The summed E-state index contributed by atoms with van der Waals surface area (Å²) in [7, 11) is -1.18. The molecule has 0 N–H and O–H groups in total. The minimum atomic E-state index is -1.18. The Morgan fingerprint density at radius 3 is 1.39 bits per heavy atom. The molecule has 0 bridgehead atoms. The zero-order valence-corrected chi connectivity index (χ0v) is 18.6. The fourth-order valence-electron chi connectivity index (χ4n) is 6.71. The number of carbonyl (C=O) groups is 1. The predicted octanol–water partition coefficient (Wildman–Crippen LogP) is 6.76. The molecule has 0 spiro atoms. The maximum Gasteiger partial charge on any atom is 0.150 e. The maximum absolute atomic E-state index is 11.1. The van der Waals surface area contributed by atoms with Crippen LogP contribution in [0.1, 0.15) is 107 Å². The van der Waals surface area contributed by atoms with Crippen molar-refractivity contribution in [2.24, 2.45) is 0 Å². The normalized spacial score (nSPS) is 23.6. The van der Waals surface area contributed by atoms with Crippen molar-refractivity contribution in [1.82, 2.24) is 0 Å². The second-order valence-corrected chi connectivity index (χ2v) is 13.9. The predicted molar refractivity (Wildman–Crippen MR) is 125 cm³/mol. The van der Waals surface area contributed by atoms with Gasteiger partial charge in [0.2, 0.25) is 0 Å². The average Bonchev–Trinajstić information content (AvgIpc) is 2.80. The Hall–Kier alpha value is -0.615. The monoisotopic (exact) mass is 396 g/mol. The van der Waals surface area contributed by atoms with Gasteiger partial charge >= 0.3 is 0 Å². The minimum absolute atomic E-state index is 0.814. The number of benzene rings is 1. The summed E-state index contributed by atoms with van der Waals surface area (Å²) in [6.07, 6.45) is 23.1. The van der Waals surface area contributed by atoms with Crippen LogP contribution in [0, 0.1) is 0 Å². The van der Waals surface area contributed by atoms with Crippen molar-refractivity contribution in [2.75, 3.05) is 0 Å². The molecular weight excluding hydrogens is 358 g/mol. The Balaban J connectivity index is 1.71. The SMILES string of the molecule is O=Cc1ccc([B-][P+](C2CCCCC2)(C2CCCCC2)C2CCCCC2)cc1. The van der Waals surface area contributed by atoms with Crippen LogP contribution >= 0.6 is 7.14 Å². The summed E-state index contributed by atoms with van der Waals surface area (Å²) in [5.74, 6) is 0. The van der Waals surface area contributed by atoms with Gasteiger partial charge < -0.3 is 0 Å². The number of hydrogen-bond donors (Lipinski definition) is 0. The van der Waals surface area contributed by atoms with Gasteiger partial charge in [0.15, 0.2) is 0 Å². The van der Waals surface area contributed by atoms with Crippen LogP contribution in [0.25, 0.3) is 0 Å². The Morgan fingerprint density at radius 1 is 0.643 bits per heavy atom. The van der Waals surface area contributed by atoms with Crippen LogP contribution in [0.5, 0.6) is 0 Å². The molecule has 3 aliphatic rings. The standard InChI is InChI=1S/C25H38BOP/c27-20-21-16-18-22(19-17-21)26-28(23-10-4-1-5-11-23,24-12-6-2-7-13-24)25-14-8-3-9-15-25/h16-20,23-25H,1-15H2. The summed E-state index contributed by atoms with van der Waals surface area (Å²) in [6.45, 7) is 2.86. The van der Waals surface area contributed by atoms with Crippen LogP contribution < -0.4 is 5.46 Å². The van der Waals surface area contributed by atoms with E-state index in [1.807, 2.05) is 12.1 Å². The van der Waals surface area contributed by atoms with Crippen molar-refractivity contribution in [1.29, 1.82) is 0 Å². The van der Waals surface area contributed by atoms with Gasteiger partial charge in [-0.25, -0.2) is 5.46 Å². The first-order valence-corrected chi connectivity index (χ1v) is 14.2. The first kappa shape index (κ1) is 20.6. The highest BCUT2D eigenvalue weighted by Crippen LogP contribution is 2.75. The van der Waals surface area contributed by atoms with Gasteiger partial charge in [0.05, 0.1) is 0 Å². The van der Waals surface area contributed by atoms with Crippen molar-refractivity contribution >= 4 is 25.9 Å². The largest absolute Gasteiger partial charge is 0.298 e. The van der Waals surface area contributed by atoms with Crippen LogP contribution in [0.15, 0.2) is 24.3 Å². The van der Waals surface area contributed by atoms with E-state index in [1.165, 1.54) is 102 Å². The molecule has 2 radical (unpaired) electrons. The van der Waals surface area contributed by atoms with Gasteiger partial charge in [0, 0.05) is 22.5 Å². The van der Waals surface area contributed by atoms with Gasteiger partial charge in [-0.15, -0.1) is 0 Å². The molecule has 0 atom stereocenters. The molecule has 3 heteroatoms. The molecule has 0 heterocycles. The summed E-state index contributed by atoms with van der Waals surface area (Å²) in [4.78, 5) is 11.1. The van der Waals surface area contributed by atoms with Crippen molar-refractivity contribution in [3.63, 3.8) is 0 Å². The van der Waals surface area contributed by atoms with Gasteiger partial charge in [-0.05, 0) is 84.0 Å². The third kappa shape index (κ3) is 4.43. The number of rotatable bonds is 6. The maximum atomic E-state index is 11.1. The fraction of sp³-hybridized carbons (Fsp3) is 0.720. The molecule has 0 unspecified atom stereocenters. The van der Waals surface area contributed by atoms with Crippen molar-refractivity contribution < 1.29 is 4.79 Å². The van der Waals surface area contributed by atoms with Gasteiger partial charge in [-0.1, -0.05) is 43.5 Å². The van der Waals surface area contributed by atoms with E-state index in [4.69, 9.17) is 0 Å². The third-order valence-electron chi connectivity index (χ3n) is 8.07. The molecule has 0 saturated heterocycles. The van der Waals surface area contributed by atoms with E-state index < -0.39 is 7.14 Å². The van der Waals surface area contributed by atoms with Crippen molar-refractivity contribution in [3.05, 3.63) is 29.8 Å². The van der Waals surface area contributed by atoms with Crippen molar-refractivity contribution in [3.8, 4) is 0 Å². The van der Waals surface area contributed by atoms with Gasteiger partial charge in [0.1, 0.15) is 6.29 Å². The first-order valence-electron chi connectivity index (χ1n) is 12.1. The summed E-state index contributed by atoms with van der Waals surface area (Å²) in [6, 6.07) is 8.56. The van der Waals surface area contributed by atoms with Crippen LogP contribution in [0.2, 0.25) is 0 Å². The Bertz CT molecular complexity index is 564. The zero-order valence-electron chi connectivity index (χ0n) is 17.7. The summed E-state index contributed by atoms with van der Waals surface area (Å²) in [5.41, 5.74) is 5.18. The van der Waals surface area contributed by atoms with Crippen molar-refractivity contribution in [2.45, 2.75) is 113 Å². The van der Waals surface area contributed by atoms with E-state index in [1.54, 1.807) is 0 Å². The second-order valence-electron chi connectivity index (χ2n) is 9.68. The molecule has 3 aliphatic carbocycles. The quantitative estimate of drug-likeness (QED) is 0.295. The van der Waals surface area contributed by atoms with E-state index >= 15 is 0 Å². The Morgan fingerprint density at radius 2 is 1.04 bits per heavy atom. The van der Waals surface area contributed by atoms with Crippen LogP contribution in [-0.4, -0.2) is 30.3 Å². The van der Waals surface area contributed by atoms with Crippen LogP contribution in [-0.2, 0) is 0 Å². The molecule has 1 aromatic rings. The number of carbonyl (C=O) groups excluding carboxylic acids is 1.